The summed E-state index contributed by atoms with van der Waals surface area (Å²) in [4.78, 5) is 24.7. The van der Waals surface area contributed by atoms with E-state index in [1.807, 2.05) is 24.7 Å². The smallest absolute Gasteiger partial charge is 0.159 e. The third kappa shape index (κ3) is 5.15. The van der Waals surface area contributed by atoms with Crippen molar-refractivity contribution in [3.8, 4) is 11.4 Å². The minimum Gasteiger partial charge on any atom is -0.379 e. The Morgan fingerprint density at radius 1 is 0.889 bits per heavy atom. The minimum absolute atomic E-state index is 0.810. The van der Waals surface area contributed by atoms with E-state index in [9.17, 15) is 0 Å². The molecule has 36 heavy (non-hydrogen) atoms. The van der Waals surface area contributed by atoms with Gasteiger partial charge in [-0.3, -0.25) is 14.8 Å². The van der Waals surface area contributed by atoms with Crippen molar-refractivity contribution in [1.82, 2.24) is 29.7 Å². The topological polar surface area (TPSA) is 73.4 Å². The number of nitrogens with one attached hydrogen (secondary N) is 1. The molecule has 3 aromatic heterocycles. The van der Waals surface area contributed by atoms with Crippen LogP contribution in [0.15, 0.2) is 59.5 Å². The van der Waals surface area contributed by atoms with Crippen LogP contribution in [0.1, 0.15) is 11.1 Å². The molecule has 5 heterocycles. The fraction of sp³-hybridized carbons (Fsp3) is 0.370. The second kappa shape index (κ2) is 10.6. The van der Waals surface area contributed by atoms with E-state index in [4.69, 9.17) is 9.72 Å². The van der Waals surface area contributed by atoms with Crippen molar-refractivity contribution in [3.05, 3.63) is 70.6 Å². The molecule has 0 spiro atoms. The van der Waals surface area contributed by atoms with Gasteiger partial charge in [-0.25, -0.2) is 9.97 Å². The lowest BCUT2D eigenvalue weighted by molar-refractivity contribution is 0.0342. The van der Waals surface area contributed by atoms with Gasteiger partial charge < -0.3 is 14.6 Å². The van der Waals surface area contributed by atoms with Crippen LogP contribution in [0.4, 0.5) is 5.69 Å². The molecule has 0 bridgehead atoms. The van der Waals surface area contributed by atoms with E-state index in [1.54, 1.807) is 0 Å². The standard InChI is InChI=1S/C27H30BrN7O/c28-23-17-30-27-24(25(23)35-9-7-33(8-10-35)19-21-4-2-6-29-16-21)31-26(32-27)22-5-1-3-20(15-22)18-34-11-13-36-14-12-34/h1-6,15-17H,7-14,18-19H2,(H,30,31,32). The first-order valence-corrected chi connectivity index (χ1v) is 13.3. The van der Waals surface area contributed by atoms with Crippen molar-refractivity contribution < 1.29 is 4.74 Å². The maximum atomic E-state index is 5.49. The summed E-state index contributed by atoms with van der Waals surface area (Å²) in [5, 5.41) is 0. The molecule has 186 valence electrons. The average Bonchev–Trinajstić information content (AvgIpc) is 3.35. The minimum atomic E-state index is 0.810. The summed E-state index contributed by atoms with van der Waals surface area (Å²) in [6.45, 7) is 9.30. The first kappa shape index (κ1) is 23.5. The zero-order valence-corrected chi connectivity index (χ0v) is 21.8. The normalized spacial score (nSPS) is 17.6. The Balaban J connectivity index is 1.21. The second-order valence-corrected chi connectivity index (χ2v) is 10.3. The number of nitrogens with zero attached hydrogens (tertiary/aromatic N) is 6. The second-order valence-electron chi connectivity index (χ2n) is 9.45. The van der Waals surface area contributed by atoms with Gasteiger partial charge in [0, 0.05) is 76.5 Å². The number of aromatic amines is 1. The van der Waals surface area contributed by atoms with Gasteiger partial charge in [-0.05, 0) is 39.2 Å². The van der Waals surface area contributed by atoms with Crippen molar-refractivity contribution in [2.75, 3.05) is 57.4 Å². The van der Waals surface area contributed by atoms with Crippen LogP contribution >= 0.6 is 15.9 Å². The van der Waals surface area contributed by atoms with E-state index in [0.29, 0.717) is 0 Å². The number of pyridine rings is 2. The number of anilines is 1. The van der Waals surface area contributed by atoms with Gasteiger partial charge in [0.25, 0.3) is 0 Å². The van der Waals surface area contributed by atoms with E-state index in [1.165, 1.54) is 11.1 Å². The van der Waals surface area contributed by atoms with Crippen LogP contribution in [0.5, 0.6) is 0 Å². The molecule has 1 aromatic carbocycles. The molecule has 0 radical (unpaired) electrons. The van der Waals surface area contributed by atoms with Crippen molar-refractivity contribution in [2.45, 2.75) is 13.1 Å². The summed E-state index contributed by atoms with van der Waals surface area (Å²) >= 11 is 3.76. The number of ether oxygens (including phenoxy) is 1. The van der Waals surface area contributed by atoms with E-state index in [2.05, 4.69) is 75.9 Å². The molecular formula is C27H30BrN7O. The maximum absolute atomic E-state index is 5.49. The summed E-state index contributed by atoms with van der Waals surface area (Å²) in [5.74, 6) is 0.857. The molecule has 4 aromatic rings. The summed E-state index contributed by atoms with van der Waals surface area (Å²) in [6, 6.07) is 12.8. The third-order valence-corrected chi connectivity index (χ3v) is 7.55. The SMILES string of the molecule is Brc1cnc2[nH]c(-c3cccc(CN4CCOCC4)c3)nc2c1N1CCN(Cc2cccnc2)CC1. The lowest BCUT2D eigenvalue weighted by Crippen LogP contribution is -2.46. The summed E-state index contributed by atoms with van der Waals surface area (Å²) in [5.41, 5.74) is 6.48. The molecule has 0 amide bonds. The highest BCUT2D eigenvalue weighted by molar-refractivity contribution is 9.10. The molecule has 8 nitrogen and oxygen atoms in total. The van der Waals surface area contributed by atoms with Gasteiger partial charge in [-0.2, -0.15) is 0 Å². The van der Waals surface area contributed by atoms with Crippen LogP contribution in [-0.2, 0) is 17.8 Å². The largest absolute Gasteiger partial charge is 0.379 e. The van der Waals surface area contributed by atoms with Gasteiger partial charge >= 0.3 is 0 Å². The van der Waals surface area contributed by atoms with Crippen LogP contribution in [0.3, 0.4) is 0 Å². The van der Waals surface area contributed by atoms with Gasteiger partial charge in [0.1, 0.15) is 11.3 Å². The molecule has 6 rings (SSSR count). The van der Waals surface area contributed by atoms with Crippen molar-refractivity contribution in [3.63, 3.8) is 0 Å². The van der Waals surface area contributed by atoms with Crippen LogP contribution in [0.25, 0.3) is 22.6 Å². The number of aromatic nitrogens is 4. The molecular weight excluding hydrogens is 518 g/mol. The number of fused-ring (bicyclic) bond motifs is 1. The summed E-state index contributed by atoms with van der Waals surface area (Å²) in [6.07, 6.45) is 5.67. The lowest BCUT2D eigenvalue weighted by atomic mass is 10.1. The first-order valence-electron chi connectivity index (χ1n) is 12.5. The molecule has 2 fully saturated rings. The predicted octanol–water partition coefficient (Wildman–Crippen LogP) is 3.94. The van der Waals surface area contributed by atoms with Gasteiger partial charge in [-0.15, -0.1) is 0 Å². The maximum Gasteiger partial charge on any atom is 0.159 e. The lowest BCUT2D eigenvalue weighted by Gasteiger charge is -2.36. The van der Waals surface area contributed by atoms with E-state index in [0.717, 1.165) is 98.3 Å². The number of hydrogen-bond acceptors (Lipinski definition) is 7. The van der Waals surface area contributed by atoms with Gasteiger partial charge in [0.05, 0.1) is 23.4 Å². The number of halogens is 1. The van der Waals surface area contributed by atoms with Gasteiger partial charge in [-0.1, -0.05) is 24.3 Å². The molecule has 2 saturated heterocycles. The van der Waals surface area contributed by atoms with E-state index < -0.39 is 0 Å². The molecule has 9 heteroatoms. The number of rotatable bonds is 6. The summed E-state index contributed by atoms with van der Waals surface area (Å²) < 4.78 is 6.47. The predicted molar refractivity (Wildman–Crippen MR) is 145 cm³/mol. The monoisotopic (exact) mass is 547 g/mol. The fourth-order valence-corrected chi connectivity index (χ4v) is 5.61. The van der Waals surface area contributed by atoms with Crippen LogP contribution < -0.4 is 4.90 Å². The highest BCUT2D eigenvalue weighted by atomic mass is 79.9. The van der Waals surface area contributed by atoms with Crippen molar-refractivity contribution in [2.24, 2.45) is 0 Å². The number of H-pyrrole nitrogens is 1. The quantitative estimate of drug-likeness (QED) is 0.392. The molecule has 0 saturated carbocycles. The van der Waals surface area contributed by atoms with Crippen LogP contribution in [0.2, 0.25) is 0 Å². The molecule has 1 N–H and O–H groups in total. The Labute approximate surface area is 219 Å². The van der Waals surface area contributed by atoms with E-state index >= 15 is 0 Å². The summed E-state index contributed by atoms with van der Waals surface area (Å²) in [7, 11) is 0. The van der Waals surface area contributed by atoms with Gasteiger partial charge in [0.15, 0.2) is 5.65 Å². The van der Waals surface area contributed by atoms with Crippen LogP contribution in [-0.4, -0.2) is 82.2 Å². The van der Waals surface area contributed by atoms with E-state index in [-0.39, 0.29) is 0 Å². The zero-order chi connectivity index (χ0) is 24.3. The first-order chi connectivity index (χ1) is 17.7. The molecule has 0 aliphatic carbocycles. The molecule has 0 atom stereocenters. The fourth-order valence-electron chi connectivity index (χ4n) is 5.07. The van der Waals surface area contributed by atoms with Crippen molar-refractivity contribution >= 4 is 32.8 Å². The number of hydrogen-bond donors (Lipinski definition) is 1. The number of morpholine rings is 1. The Morgan fingerprint density at radius 3 is 2.47 bits per heavy atom. The van der Waals surface area contributed by atoms with Crippen molar-refractivity contribution in [1.29, 1.82) is 0 Å². The highest BCUT2D eigenvalue weighted by Gasteiger charge is 2.23. The number of piperazine rings is 1. The molecule has 2 aliphatic rings. The Kier molecular flexibility index (Phi) is 6.96. The van der Waals surface area contributed by atoms with Gasteiger partial charge in [0.2, 0.25) is 0 Å². The zero-order valence-electron chi connectivity index (χ0n) is 20.2. The average molecular weight is 548 g/mol. The Bertz CT molecular complexity index is 1310. The Morgan fingerprint density at radius 2 is 1.67 bits per heavy atom. The molecule has 0 unspecified atom stereocenters. The third-order valence-electron chi connectivity index (χ3n) is 6.97. The molecule has 2 aliphatic heterocycles. The Hall–Kier alpha value is -2.85. The number of benzene rings is 1. The van der Waals surface area contributed by atoms with Crippen LogP contribution in [0, 0.1) is 0 Å². The number of imidazole rings is 1. The highest BCUT2D eigenvalue weighted by Crippen LogP contribution is 2.34.